The quantitative estimate of drug-likeness (QED) is 0.790. The Balaban J connectivity index is 1.69. The molecule has 19 heavy (non-hydrogen) atoms. The standard InChI is InChI=1S/C13H18N2O3S/c14-12-4-2-1-3-10(12)7-19(17,18)15-8-13(16,9-15)11-5-6-11/h1-4,11,16H,5-9,14H2. The van der Waals surface area contributed by atoms with E-state index in [0.29, 0.717) is 17.2 Å². The van der Waals surface area contributed by atoms with Crippen LogP contribution in [0.3, 0.4) is 0 Å². The van der Waals surface area contributed by atoms with Gasteiger partial charge in [-0.2, -0.15) is 4.31 Å². The Kier molecular flexibility index (Phi) is 2.85. The Bertz CT molecular complexity index is 590. The number of nitrogens with two attached hydrogens (primary N) is 1. The molecule has 0 unspecified atom stereocenters. The number of nitrogens with zero attached hydrogens (tertiary/aromatic N) is 1. The lowest BCUT2D eigenvalue weighted by molar-refractivity contribution is -0.0765. The van der Waals surface area contributed by atoms with Crippen molar-refractivity contribution in [2.45, 2.75) is 24.2 Å². The van der Waals surface area contributed by atoms with Crippen LogP contribution in [0.15, 0.2) is 24.3 Å². The lowest BCUT2D eigenvalue weighted by atomic mass is 9.91. The van der Waals surface area contributed by atoms with Crippen molar-refractivity contribution < 1.29 is 13.5 Å². The second-order valence-corrected chi connectivity index (χ2v) is 7.57. The predicted molar refractivity (Wildman–Crippen MR) is 72.7 cm³/mol. The molecule has 1 aliphatic carbocycles. The molecule has 2 fully saturated rings. The molecule has 3 rings (SSSR count). The lowest BCUT2D eigenvalue weighted by Gasteiger charge is -2.45. The van der Waals surface area contributed by atoms with Crippen molar-refractivity contribution in [1.29, 1.82) is 0 Å². The van der Waals surface area contributed by atoms with Gasteiger partial charge in [0, 0.05) is 18.8 Å². The fourth-order valence-corrected chi connectivity index (χ4v) is 4.27. The van der Waals surface area contributed by atoms with Crippen LogP contribution >= 0.6 is 0 Å². The first-order valence-electron chi connectivity index (χ1n) is 6.44. The van der Waals surface area contributed by atoms with E-state index in [1.807, 2.05) is 0 Å². The molecule has 104 valence electrons. The third-order valence-corrected chi connectivity index (χ3v) is 5.74. The van der Waals surface area contributed by atoms with Crippen LogP contribution in [0.25, 0.3) is 0 Å². The van der Waals surface area contributed by atoms with E-state index in [2.05, 4.69) is 0 Å². The Labute approximate surface area is 113 Å². The molecule has 2 aliphatic rings. The van der Waals surface area contributed by atoms with Crippen molar-refractivity contribution in [1.82, 2.24) is 4.31 Å². The maximum absolute atomic E-state index is 12.2. The number of para-hydroxylation sites is 1. The monoisotopic (exact) mass is 282 g/mol. The van der Waals surface area contributed by atoms with Gasteiger partial charge in [-0.15, -0.1) is 0 Å². The van der Waals surface area contributed by atoms with Crippen LogP contribution in [0.5, 0.6) is 0 Å². The van der Waals surface area contributed by atoms with E-state index in [4.69, 9.17) is 5.73 Å². The number of anilines is 1. The van der Waals surface area contributed by atoms with Crippen molar-refractivity contribution in [2.75, 3.05) is 18.8 Å². The van der Waals surface area contributed by atoms with Gasteiger partial charge < -0.3 is 10.8 Å². The van der Waals surface area contributed by atoms with E-state index in [0.717, 1.165) is 12.8 Å². The smallest absolute Gasteiger partial charge is 0.218 e. The molecule has 1 aliphatic heterocycles. The van der Waals surface area contributed by atoms with E-state index in [-0.39, 0.29) is 18.8 Å². The SMILES string of the molecule is Nc1ccccc1CS(=O)(=O)N1CC(O)(C2CC2)C1. The van der Waals surface area contributed by atoms with E-state index < -0.39 is 15.6 Å². The average molecular weight is 282 g/mol. The molecule has 6 heteroatoms. The molecular formula is C13H18N2O3S. The molecule has 0 bridgehead atoms. The van der Waals surface area contributed by atoms with Crippen LogP contribution in [-0.4, -0.2) is 36.5 Å². The third-order valence-electron chi connectivity index (χ3n) is 4.02. The molecule has 1 heterocycles. The molecule has 5 nitrogen and oxygen atoms in total. The maximum atomic E-state index is 12.2. The molecule has 0 atom stereocenters. The minimum Gasteiger partial charge on any atom is -0.398 e. The van der Waals surface area contributed by atoms with Gasteiger partial charge in [-0.25, -0.2) is 8.42 Å². The van der Waals surface area contributed by atoms with E-state index in [1.165, 1.54) is 4.31 Å². The van der Waals surface area contributed by atoms with Gasteiger partial charge in [0.25, 0.3) is 0 Å². The van der Waals surface area contributed by atoms with Crippen LogP contribution in [0, 0.1) is 5.92 Å². The number of benzene rings is 1. The zero-order valence-corrected chi connectivity index (χ0v) is 11.4. The summed E-state index contributed by atoms with van der Waals surface area (Å²) < 4.78 is 25.8. The molecule has 1 saturated heterocycles. The summed E-state index contributed by atoms with van der Waals surface area (Å²) in [6.07, 6.45) is 2.02. The van der Waals surface area contributed by atoms with Gasteiger partial charge in [0.15, 0.2) is 0 Å². The van der Waals surface area contributed by atoms with Gasteiger partial charge in [0.2, 0.25) is 10.0 Å². The first kappa shape index (κ1) is 12.9. The molecule has 0 aromatic heterocycles. The van der Waals surface area contributed by atoms with E-state index in [9.17, 15) is 13.5 Å². The summed E-state index contributed by atoms with van der Waals surface area (Å²) in [4.78, 5) is 0. The average Bonchev–Trinajstić information content (AvgIpc) is 3.12. The number of hydrogen-bond donors (Lipinski definition) is 2. The summed E-state index contributed by atoms with van der Waals surface area (Å²) >= 11 is 0. The van der Waals surface area contributed by atoms with Crippen LogP contribution < -0.4 is 5.73 Å². The number of nitrogen functional groups attached to an aromatic ring is 1. The van der Waals surface area contributed by atoms with Gasteiger partial charge in [0.05, 0.1) is 11.4 Å². The Morgan fingerprint density at radius 1 is 1.32 bits per heavy atom. The zero-order valence-electron chi connectivity index (χ0n) is 10.6. The summed E-state index contributed by atoms with van der Waals surface area (Å²) in [5, 5.41) is 10.2. The van der Waals surface area contributed by atoms with Gasteiger partial charge in [-0.05, 0) is 30.4 Å². The van der Waals surface area contributed by atoms with Crippen LogP contribution in [0.1, 0.15) is 18.4 Å². The largest absolute Gasteiger partial charge is 0.398 e. The highest BCUT2D eigenvalue weighted by Crippen LogP contribution is 2.45. The fourth-order valence-electron chi connectivity index (χ4n) is 2.59. The van der Waals surface area contributed by atoms with Crippen LogP contribution in [-0.2, 0) is 15.8 Å². The summed E-state index contributed by atoms with van der Waals surface area (Å²) in [5.41, 5.74) is 6.09. The first-order chi connectivity index (χ1) is 8.91. The molecule has 3 N–H and O–H groups in total. The van der Waals surface area contributed by atoms with Crippen molar-refractivity contribution in [3.63, 3.8) is 0 Å². The fraction of sp³-hybridized carbons (Fsp3) is 0.538. The lowest BCUT2D eigenvalue weighted by Crippen LogP contribution is -2.64. The van der Waals surface area contributed by atoms with Crippen molar-refractivity contribution in [2.24, 2.45) is 5.92 Å². The summed E-state index contributed by atoms with van der Waals surface area (Å²) in [6, 6.07) is 6.97. The molecule has 0 amide bonds. The third kappa shape index (κ3) is 2.35. The van der Waals surface area contributed by atoms with Gasteiger partial charge >= 0.3 is 0 Å². The Hall–Kier alpha value is -1.11. The summed E-state index contributed by atoms with van der Waals surface area (Å²) in [5.74, 6) is 0.196. The minimum atomic E-state index is -3.38. The van der Waals surface area contributed by atoms with Gasteiger partial charge in [-0.1, -0.05) is 18.2 Å². The van der Waals surface area contributed by atoms with Crippen molar-refractivity contribution in [3.8, 4) is 0 Å². The number of β-amino-alcohol motifs (C(OH)–C–C–N with tert-alkyl or cyclic N) is 1. The second kappa shape index (κ2) is 4.19. The normalized spacial score (nSPS) is 23.0. The highest BCUT2D eigenvalue weighted by Gasteiger charge is 2.54. The Morgan fingerprint density at radius 3 is 2.53 bits per heavy atom. The van der Waals surface area contributed by atoms with Crippen molar-refractivity contribution in [3.05, 3.63) is 29.8 Å². The number of sulfonamides is 1. The first-order valence-corrected chi connectivity index (χ1v) is 8.05. The minimum absolute atomic E-state index is 0.0968. The zero-order chi connectivity index (χ0) is 13.7. The molecule has 1 aromatic rings. The highest BCUT2D eigenvalue weighted by atomic mass is 32.2. The highest BCUT2D eigenvalue weighted by molar-refractivity contribution is 7.88. The summed E-state index contributed by atoms with van der Waals surface area (Å²) in [7, 11) is -3.38. The number of aliphatic hydroxyl groups is 1. The number of rotatable bonds is 4. The van der Waals surface area contributed by atoms with Crippen LogP contribution in [0.2, 0.25) is 0 Å². The van der Waals surface area contributed by atoms with Crippen LogP contribution in [0.4, 0.5) is 5.69 Å². The molecule has 0 radical (unpaired) electrons. The van der Waals surface area contributed by atoms with E-state index in [1.54, 1.807) is 24.3 Å². The number of hydrogen-bond acceptors (Lipinski definition) is 4. The topological polar surface area (TPSA) is 83.6 Å². The second-order valence-electron chi connectivity index (χ2n) is 5.60. The van der Waals surface area contributed by atoms with Gasteiger partial charge in [-0.3, -0.25) is 0 Å². The van der Waals surface area contributed by atoms with E-state index >= 15 is 0 Å². The molecule has 0 spiro atoms. The summed E-state index contributed by atoms with van der Waals surface area (Å²) in [6.45, 7) is 0.458. The van der Waals surface area contributed by atoms with Crippen molar-refractivity contribution >= 4 is 15.7 Å². The molecular weight excluding hydrogens is 264 g/mol. The molecule has 1 aromatic carbocycles. The molecule has 1 saturated carbocycles. The Morgan fingerprint density at radius 2 is 1.95 bits per heavy atom. The predicted octanol–water partition coefficient (Wildman–Crippen LogP) is 0.555. The maximum Gasteiger partial charge on any atom is 0.218 e. The van der Waals surface area contributed by atoms with Gasteiger partial charge in [0.1, 0.15) is 0 Å².